The maximum absolute atomic E-state index is 12.0. The molecule has 0 fully saturated rings. The van der Waals surface area contributed by atoms with Crippen LogP contribution in [0.3, 0.4) is 0 Å². The van der Waals surface area contributed by atoms with Gasteiger partial charge in [0.2, 0.25) is 5.91 Å². The molecule has 0 aliphatic carbocycles. The van der Waals surface area contributed by atoms with Gasteiger partial charge in [0.1, 0.15) is 5.15 Å². The molecule has 2 N–H and O–H groups in total. The number of likely N-dealkylation sites (N-methyl/N-ethyl adjacent to an activating group) is 1. The van der Waals surface area contributed by atoms with E-state index in [1.165, 1.54) is 0 Å². The molecule has 0 aliphatic rings. The quantitative estimate of drug-likeness (QED) is 0.834. The molecular weight excluding hydrogens is 261 g/mol. The normalized spacial score (nSPS) is 11.4. The van der Waals surface area contributed by atoms with E-state index in [-0.39, 0.29) is 11.1 Å². The second-order valence-corrected chi connectivity index (χ2v) is 5.00. The van der Waals surface area contributed by atoms with Crippen LogP contribution in [0.1, 0.15) is 19.4 Å². The first-order valence-electron chi connectivity index (χ1n) is 5.11. The Labute approximate surface area is 111 Å². The Morgan fingerprint density at radius 2 is 2.00 bits per heavy atom. The molecule has 1 rings (SSSR count). The van der Waals surface area contributed by atoms with Gasteiger partial charge in [-0.25, -0.2) is 4.98 Å². The molecule has 0 aliphatic heterocycles. The molecule has 0 bridgehead atoms. The van der Waals surface area contributed by atoms with E-state index in [0.717, 1.165) is 5.56 Å². The number of hydrogen-bond acceptors (Lipinski definition) is 3. The third-order valence-corrected chi connectivity index (χ3v) is 3.04. The first-order chi connectivity index (χ1) is 7.77. The fourth-order valence-electron chi connectivity index (χ4n) is 1.13. The standard InChI is InChI=1S/C11H15Cl2N3O/c1-6-5-7(12)15-9(13)8(6)16-10(17)11(2,3)14-4/h5,14H,1-4H3,(H,16,17). The Morgan fingerprint density at radius 1 is 1.41 bits per heavy atom. The van der Waals surface area contributed by atoms with Crippen molar-refractivity contribution in [3.63, 3.8) is 0 Å². The third kappa shape index (κ3) is 3.31. The number of aryl methyl sites for hydroxylation is 1. The van der Waals surface area contributed by atoms with Crippen molar-refractivity contribution >= 4 is 34.8 Å². The lowest BCUT2D eigenvalue weighted by molar-refractivity contribution is -0.121. The highest BCUT2D eigenvalue weighted by Crippen LogP contribution is 2.27. The molecule has 4 nitrogen and oxygen atoms in total. The van der Waals surface area contributed by atoms with Crippen LogP contribution in [0.25, 0.3) is 0 Å². The lowest BCUT2D eigenvalue weighted by atomic mass is 10.0. The molecule has 0 saturated carbocycles. The van der Waals surface area contributed by atoms with E-state index in [2.05, 4.69) is 15.6 Å². The zero-order valence-corrected chi connectivity index (χ0v) is 11.7. The Kier molecular flexibility index (Phi) is 4.36. The average Bonchev–Trinajstić information content (AvgIpc) is 2.22. The number of carbonyl (C=O) groups excluding carboxylic acids is 1. The van der Waals surface area contributed by atoms with Crippen LogP contribution in [-0.2, 0) is 4.79 Å². The summed E-state index contributed by atoms with van der Waals surface area (Å²) in [4.78, 5) is 15.9. The van der Waals surface area contributed by atoms with E-state index in [4.69, 9.17) is 23.2 Å². The highest BCUT2D eigenvalue weighted by molar-refractivity contribution is 6.34. The molecule has 0 unspecified atom stereocenters. The summed E-state index contributed by atoms with van der Waals surface area (Å²) in [5, 5.41) is 6.15. The van der Waals surface area contributed by atoms with E-state index in [1.54, 1.807) is 33.9 Å². The van der Waals surface area contributed by atoms with Crippen LogP contribution in [0, 0.1) is 6.92 Å². The smallest absolute Gasteiger partial charge is 0.244 e. The molecule has 0 radical (unpaired) electrons. The molecule has 0 spiro atoms. The largest absolute Gasteiger partial charge is 0.322 e. The van der Waals surface area contributed by atoms with Gasteiger partial charge in [-0.1, -0.05) is 23.2 Å². The van der Waals surface area contributed by atoms with Gasteiger partial charge in [-0.05, 0) is 39.4 Å². The Bertz CT molecular complexity index is 423. The molecule has 1 amide bonds. The van der Waals surface area contributed by atoms with Crippen molar-refractivity contribution in [3.8, 4) is 0 Å². The Balaban J connectivity index is 3.01. The first-order valence-corrected chi connectivity index (χ1v) is 5.86. The van der Waals surface area contributed by atoms with Crippen LogP contribution in [0.2, 0.25) is 10.3 Å². The second-order valence-electron chi connectivity index (χ2n) is 4.26. The van der Waals surface area contributed by atoms with Crippen LogP contribution in [0.5, 0.6) is 0 Å². The van der Waals surface area contributed by atoms with E-state index < -0.39 is 5.54 Å². The summed E-state index contributed by atoms with van der Waals surface area (Å²) in [5.41, 5.74) is 0.578. The van der Waals surface area contributed by atoms with E-state index in [1.807, 2.05) is 0 Å². The van der Waals surface area contributed by atoms with Crippen molar-refractivity contribution in [2.45, 2.75) is 26.3 Å². The number of rotatable bonds is 3. The van der Waals surface area contributed by atoms with Gasteiger partial charge in [0.15, 0.2) is 5.15 Å². The summed E-state index contributed by atoms with van der Waals surface area (Å²) >= 11 is 11.7. The number of halogens is 2. The minimum atomic E-state index is -0.685. The lowest BCUT2D eigenvalue weighted by Gasteiger charge is -2.23. The van der Waals surface area contributed by atoms with Gasteiger partial charge in [-0.15, -0.1) is 0 Å². The van der Waals surface area contributed by atoms with Crippen molar-refractivity contribution in [2.75, 3.05) is 12.4 Å². The molecule has 0 saturated heterocycles. The molecule has 0 aromatic carbocycles. The Hall–Kier alpha value is -0.840. The number of pyridine rings is 1. The van der Waals surface area contributed by atoms with Crippen molar-refractivity contribution < 1.29 is 4.79 Å². The zero-order chi connectivity index (χ0) is 13.2. The van der Waals surface area contributed by atoms with Crippen molar-refractivity contribution in [2.24, 2.45) is 0 Å². The van der Waals surface area contributed by atoms with Crippen molar-refractivity contribution in [3.05, 3.63) is 21.9 Å². The Morgan fingerprint density at radius 3 is 2.47 bits per heavy atom. The maximum atomic E-state index is 12.0. The van der Waals surface area contributed by atoms with Gasteiger partial charge in [-0.2, -0.15) is 0 Å². The topological polar surface area (TPSA) is 54.0 Å². The predicted molar refractivity (Wildman–Crippen MR) is 70.8 cm³/mol. The molecule has 1 aromatic rings. The molecule has 1 aromatic heterocycles. The SMILES string of the molecule is CNC(C)(C)C(=O)Nc1c(C)cc(Cl)nc1Cl. The van der Waals surface area contributed by atoms with E-state index in [9.17, 15) is 4.79 Å². The van der Waals surface area contributed by atoms with Gasteiger partial charge in [0, 0.05) is 0 Å². The monoisotopic (exact) mass is 275 g/mol. The van der Waals surface area contributed by atoms with Crippen molar-refractivity contribution in [1.29, 1.82) is 0 Å². The summed E-state index contributed by atoms with van der Waals surface area (Å²) in [6, 6.07) is 1.65. The molecule has 94 valence electrons. The number of anilines is 1. The summed E-state index contributed by atoms with van der Waals surface area (Å²) < 4.78 is 0. The number of carbonyl (C=O) groups is 1. The minimum absolute atomic E-state index is 0.186. The van der Waals surface area contributed by atoms with Crippen LogP contribution in [-0.4, -0.2) is 23.5 Å². The summed E-state index contributed by atoms with van der Waals surface area (Å²) in [6.07, 6.45) is 0. The van der Waals surface area contributed by atoms with Gasteiger partial charge in [0.25, 0.3) is 0 Å². The zero-order valence-electron chi connectivity index (χ0n) is 10.2. The maximum Gasteiger partial charge on any atom is 0.244 e. The van der Waals surface area contributed by atoms with Crippen molar-refractivity contribution in [1.82, 2.24) is 10.3 Å². The fourth-order valence-corrected chi connectivity index (χ4v) is 1.71. The van der Waals surface area contributed by atoms with E-state index in [0.29, 0.717) is 10.8 Å². The second kappa shape index (κ2) is 5.21. The highest BCUT2D eigenvalue weighted by Gasteiger charge is 2.26. The molecular formula is C11H15Cl2N3O. The number of nitrogens with zero attached hydrogens (tertiary/aromatic N) is 1. The van der Waals surface area contributed by atoms with Crippen LogP contribution >= 0.6 is 23.2 Å². The van der Waals surface area contributed by atoms with Gasteiger partial charge in [-0.3, -0.25) is 4.79 Å². The van der Waals surface area contributed by atoms with Gasteiger partial charge in [0.05, 0.1) is 11.2 Å². The number of amides is 1. The number of aromatic nitrogens is 1. The van der Waals surface area contributed by atoms with Gasteiger partial charge < -0.3 is 10.6 Å². The molecule has 6 heteroatoms. The molecule has 1 heterocycles. The number of nitrogens with one attached hydrogen (secondary N) is 2. The van der Waals surface area contributed by atoms with Gasteiger partial charge >= 0.3 is 0 Å². The minimum Gasteiger partial charge on any atom is -0.322 e. The first kappa shape index (κ1) is 14.2. The summed E-state index contributed by atoms with van der Waals surface area (Å²) in [5.74, 6) is -0.186. The summed E-state index contributed by atoms with van der Waals surface area (Å²) in [6.45, 7) is 5.35. The van der Waals surface area contributed by atoms with Crippen LogP contribution in [0.4, 0.5) is 5.69 Å². The molecule has 17 heavy (non-hydrogen) atoms. The summed E-state index contributed by atoms with van der Waals surface area (Å²) in [7, 11) is 1.72. The fraction of sp³-hybridized carbons (Fsp3) is 0.455. The highest BCUT2D eigenvalue weighted by atomic mass is 35.5. The van der Waals surface area contributed by atoms with E-state index >= 15 is 0 Å². The third-order valence-electron chi connectivity index (χ3n) is 2.57. The molecule has 0 atom stereocenters. The van der Waals surface area contributed by atoms with Crippen LogP contribution in [0.15, 0.2) is 6.07 Å². The predicted octanol–water partition coefficient (Wildman–Crippen LogP) is 2.63. The van der Waals surface area contributed by atoms with Crippen LogP contribution < -0.4 is 10.6 Å². The average molecular weight is 276 g/mol. The number of hydrogen-bond donors (Lipinski definition) is 2. The lowest BCUT2D eigenvalue weighted by Crippen LogP contribution is -2.48.